The molecule has 1 aromatic carbocycles. The fourth-order valence-electron chi connectivity index (χ4n) is 3.47. The van der Waals surface area contributed by atoms with Crippen LogP contribution in [0.1, 0.15) is 41.8 Å². The van der Waals surface area contributed by atoms with Crippen LogP contribution >= 0.6 is 11.6 Å². The van der Waals surface area contributed by atoms with Crippen molar-refractivity contribution >= 4 is 17.4 Å². The molecule has 0 saturated heterocycles. The Labute approximate surface area is 160 Å². The van der Waals surface area contributed by atoms with Gasteiger partial charge in [0.05, 0.1) is 6.54 Å². The Kier molecular flexibility index (Phi) is 5.63. The first-order valence-corrected chi connectivity index (χ1v) is 9.14. The van der Waals surface area contributed by atoms with Crippen molar-refractivity contribution in [1.29, 1.82) is 0 Å². The number of alkyl halides is 3. The summed E-state index contributed by atoms with van der Waals surface area (Å²) in [5.41, 5.74) is 0.804. The van der Waals surface area contributed by atoms with Gasteiger partial charge in [-0.3, -0.25) is 9.48 Å². The average molecular weight is 400 g/mol. The van der Waals surface area contributed by atoms with Crippen LogP contribution in [0.25, 0.3) is 0 Å². The molecule has 0 spiro atoms. The largest absolute Gasteiger partial charge is 0.435 e. The van der Waals surface area contributed by atoms with Gasteiger partial charge in [0.15, 0.2) is 11.5 Å². The van der Waals surface area contributed by atoms with E-state index in [9.17, 15) is 18.0 Å². The number of hydrogen-bond donors (Lipinski definition) is 0. The first kappa shape index (κ1) is 19.9. The number of aromatic nitrogens is 2. The normalized spacial score (nSPS) is 16.2. The highest BCUT2D eigenvalue weighted by Crippen LogP contribution is 2.35. The zero-order valence-corrected chi connectivity index (χ0v) is 15.9. The third-order valence-corrected chi connectivity index (χ3v) is 5.14. The molecule has 0 fully saturated rings. The number of likely N-dealkylation sites (N-methyl/N-ethyl adjacent to an activating group) is 1. The summed E-state index contributed by atoms with van der Waals surface area (Å²) in [5.74, 6) is -0.190. The van der Waals surface area contributed by atoms with Crippen LogP contribution in [0.3, 0.4) is 0 Å². The Bertz CT molecular complexity index is 830. The van der Waals surface area contributed by atoms with E-state index in [1.165, 1.54) is 4.68 Å². The summed E-state index contributed by atoms with van der Waals surface area (Å²) in [5, 5.41) is 4.37. The number of Topliss-reactive ketones (excluding diaryl/α,β-unsaturated/α-hetero) is 1. The Hall–Kier alpha value is -1.86. The maximum atomic E-state index is 13.3. The Morgan fingerprint density at radius 3 is 2.59 bits per heavy atom. The van der Waals surface area contributed by atoms with E-state index in [2.05, 4.69) is 5.10 Å². The van der Waals surface area contributed by atoms with Crippen LogP contribution < -0.4 is 0 Å². The summed E-state index contributed by atoms with van der Waals surface area (Å²) in [6, 6.07) is 7.23. The Morgan fingerprint density at radius 1 is 1.30 bits per heavy atom. The third kappa shape index (κ3) is 4.52. The predicted molar refractivity (Wildman–Crippen MR) is 96.8 cm³/mol. The summed E-state index contributed by atoms with van der Waals surface area (Å²) < 4.78 is 41.2. The van der Waals surface area contributed by atoms with Crippen molar-refractivity contribution in [2.24, 2.45) is 0 Å². The SMILES string of the molecule is CC(CC(=O)Cn1nc(C(F)(F)F)c2c1CCN(C)C2)c1ccc(Cl)cc1. The maximum Gasteiger partial charge on any atom is 0.435 e. The van der Waals surface area contributed by atoms with Crippen molar-refractivity contribution in [1.82, 2.24) is 14.7 Å². The summed E-state index contributed by atoms with van der Waals surface area (Å²) in [4.78, 5) is 14.3. The number of benzene rings is 1. The molecule has 27 heavy (non-hydrogen) atoms. The van der Waals surface area contributed by atoms with Gasteiger partial charge in [-0.1, -0.05) is 30.7 Å². The lowest BCUT2D eigenvalue weighted by molar-refractivity contribution is -0.142. The fraction of sp³-hybridized carbons (Fsp3) is 0.474. The van der Waals surface area contributed by atoms with Crippen LogP contribution in [0.4, 0.5) is 13.2 Å². The van der Waals surface area contributed by atoms with Gasteiger partial charge in [0.1, 0.15) is 0 Å². The summed E-state index contributed by atoms with van der Waals surface area (Å²) >= 11 is 5.87. The highest BCUT2D eigenvalue weighted by atomic mass is 35.5. The average Bonchev–Trinajstić information content (AvgIpc) is 2.93. The van der Waals surface area contributed by atoms with Gasteiger partial charge in [-0.25, -0.2) is 0 Å². The molecule has 1 aromatic heterocycles. The van der Waals surface area contributed by atoms with E-state index in [0.717, 1.165) is 5.56 Å². The van der Waals surface area contributed by atoms with Crippen LogP contribution in [0.2, 0.25) is 5.02 Å². The highest BCUT2D eigenvalue weighted by Gasteiger charge is 2.40. The predicted octanol–water partition coefficient (Wildman–Crippen LogP) is 4.31. The van der Waals surface area contributed by atoms with E-state index >= 15 is 0 Å². The van der Waals surface area contributed by atoms with E-state index in [0.29, 0.717) is 23.7 Å². The van der Waals surface area contributed by atoms with E-state index in [4.69, 9.17) is 11.6 Å². The molecule has 2 aromatic rings. The number of nitrogens with zero attached hydrogens (tertiary/aromatic N) is 3. The standard InChI is InChI=1S/C19H21ClF3N3O/c1-12(13-3-5-14(20)6-4-13)9-15(27)10-26-17-7-8-25(2)11-16(17)18(24-26)19(21,22)23/h3-6,12H,7-11H2,1-2H3. The molecule has 0 amide bonds. The van der Waals surface area contributed by atoms with Crippen LogP contribution in [0.15, 0.2) is 24.3 Å². The summed E-state index contributed by atoms with van der Waals surface area (Å²) in [6.07, 6.45) is -3.83. The Balaban J connectivity index is 1.77. The molecule has 1 atom stereocenters. The number of rotatable bonds is 5. The van der Waals surface area contributed by atoms with E-state index < -0.39 is 11.9 Å². The monoisotopic (exact) mass is 399 g/mol. The Morgan fingerprint density at radius 2 is 1.96 bits per heavy atom. The molecule has 1 aliphatic rings. The molecule has 0 saturated carbocycles. The number of carbonyl (C=O) groups excluding carboxylic acids is 1. The van der Waals surface area contributed by atoms with Crippen LogP contribution in [0, 0.1) is 0 Å². The number of carbonyl (C=O) groups is 1. The molecule has 4 nitrogen and oxygen atoms in total. The van der Waals surface area contributed by atoms with Gasteiger partial charge in [0.2, 0.25) is 0 Å². The minimum absolute atomic E-state index is 0.0469. The van der Waals surface area contributed by atoms with Gasteiger partial charge in [0, 0.05) is 42.2 Å². The zero-order chi connectivity index (χ0) is 19.8. The molecular weight excluding hydrogens is 379 g/mol. The van der Waals surface area contributed by atoms with Gasteiger partial charge in [-0.15, -0.1) is 0 Å². The van der Waals surface area contributed by atoms with Gasteiger partial charge in [0.25, 0.3) is 0 Å². The lowest BCUT2D eigenvalue weighted by Gasteiger charge is -2.23. The zero-order valence-electron chi connectivity index (χ0n) is 15.2. The molecule has 0 bridgehead atoms. The second-order valence-electron chi connectivity index (χ2n) is 7.11. The second kappa shape index (κ2) is 7.64. The van der Waals surface area contributed by atoms with Crippen LogP contribution in [-0.4, -0.2) is 34.1 Å². The lowest BCUT2D eigenvalue weighted by Crippen LogP contribution is -2.29. The van der Waals surface area contributed by atoms with E-state index in [-0.39, 0.29) is 36.8 Å². The number of halogens is 4. The minimum Gasteiger partial charge on any atom is -0.302 e. The number of hydrogen-bond acceptors (Lipinski definition) is 3. The molecule has 1 aliphatic heterocycles. The molecule has 0 aliphatic carbocycles. The molecular formula is C19H21ClF3N3O. The van der Waals surface area contributed by atoms with Crippen molar-refractivity contribution in [3.63, 3.8) is 0 Å². The minimum atomic E-state index is -4.52. The van der Waals surface area contributed by atoms with Gasteiger partial charge >= 0.3 is 6.18 Å². The quantitative estimate of drug-likeness (QED) is 0.752. The van der Waals surface area contributed by atoms with Crippen molar-refractivity contribution in [2.75, 3.05) is 13.6 Å². The number of ketones is 1. The molecule has 1 unspecified atom stereocenters. The lowest BCUT2D eigenvalue weighted by atomic mass is 9.96. The van der Waals surface area contributed by atoms with Crippen molar-refractivity contribution in [3.05, 3.63) is 51.8 Å². The first-order valence-electron chi connectivity index (χ1n) is 8.76. The van der Waals surface area contributed by atoms with Crippen molar-refractivity contribution < 1.29 is 18.0 Å². The molecule has 146 valence electrons. The summed E-state index contributed by atoms with van der Waals surface area (Å²) in [6.45, 7) is 2.61. The topological polar surface area (TPSA) is 38.1 Å². The van der Waals surface area contributed by atoms with Crippen LogP contribution in [0.5, 0.6) is 0 Å². The third-order valence-electron chi connectivity index (χ3n) is 4.89. The smallest absolute Gasteiger partial charge is 0.302 e. The molecule has 3 rings (SSSR count). The van der Waals surface area contributed by atoms with Gasteiger partial charge < -0.3 is 4.90 Å². The van der Waals surface area contributed by atoms with Crippen molar-refractivity contribution in [3.8, 4) is 0 Å². The molecule has 0 N–H and O–H groups in total. The fourth-order valence-corrected chi connectivity index (χ4v) is 3.59. The van der Waals surface area contributed by atoms with Crippen molar-refractivity contribution in [2.45, 2.75) is 44.9 Å². The molecule has 8 heteroatoms. The maximum absolute atomic E-state index is 13.3. The molecule has 0 radical (unpaired) electrons. The van der Waals surface area contributed by atoms with Gasteiger partial charge in [-0.05, 0) is 30.7 Å². The summed E-state index contributed by atoms with van der Waals surface area (Å²) in [7, 11) is 1.78. The van der Waals surface area contributed by atoms with E-state index in [1.54, 1.807) is 19.2 Å². The van der Waals surface area contributed by atoms with Gasteiger partial charge in [-0.2, -0.15) is 18.3 Å². The second-order valence-corrected chi connectivity index (χ2v) is 7.55. The highest BCUT2D eigenvalue weighted by molar-refractivity contribution is 6.30. The number of fused-ring (bicyclic) bond motifs is 1. The van der Waals surface area contributed by atoms with E-state index in [1.807, 2.05) is 24.0 Å². The first-order chi connectivity index (χ1) is 12.6. The molecule has 2 heterocycles. The van der Waals surface area contributed by atoms with Crippen LogP contribution in [-0.2, 0) is 30.5 Å².